The Kier molecular flexibility index (Phi) is 3.47. The van der Waals surface area contributed by atoms with Gasteiger partial charge in [-0.15, -0.1) is 0 Å². The van der Waals surface area contributed by atoms with Crippen molar-refractivity contribution in [1.82, 2.24) is 0 Å². The zero-order chi connectivity index (χ0) is 14.2. The third kappa shape index (κ3) is 2.69. The van der Waals surface area contributed by atoms with Crippen LogP contribution in [0.4, 0.5) is 14.5 Å². The maximum Gasteiger partial charge on any atom is 0.335 e. The Labute approximate surface area is 110 Å². The molecule has 0 bridgehead atoms. The topological polar surface area (TPSA) is 49.3 Å². The zero-order valence-corrected chi connectivity index (χ0v) is 11.0. The second kappa shape index (κ2) is 4.79. The molecule has 1 aliphatic carbocycles. The van der Waals surface area contributed by atoms with E-state index in [-0.39, 0.29) is 16.7 Å². The van der Waals surface area contributed by atoms with Crippen molar-refractivity contribution in [1.29, 1.82) is 0 Å². The Morgan fingerprint density at radius 3 is 2.26 bits per heavy atom. The van der Waals surface area contributed by atoms with Gasteiger partial charge in [-0.1, -0.05) is 13.8 Å². The summed E-state index contributed by atoms with van der Waals surface area (Å²) in [5, 5.41) is 11.5. The van der Waals surface area contributed by atoms with Gasteiger partial charge in [0.15, 0.2) is 0 Å². The summed E-state index contributed by atoms with van der Waals surface area (Å²) in [7, 11) is 0. The molecule has 104 valence electrons. The van der Waals surface area contributed by atoms with E-state index in [1.165, 1.54) is 0 Å². The fraction of sp³-hybridized carbons (Fsp3) is 0.500. The molecule has 3 nitrogen and oxygen atoms in total. The third-order valence-electron chi connectivity index (χ3n) is 4.02. The van der Waals surface area contributed by atoms with Crippen molar-refractivity contribution in [2.75, 3.05) is 11.9 Å². The Hall–Kier alpha value is -1.65. The maximum atomic E-state index is 13.7. The number of rotatable bonds is 5. The van der Waals surface area contributed by atoms with Gasteiger partial charge in [0.25, 0.3) is 0 Å². The molecule has 2 rings (SSSR count). The molecule has 0 unspecified atom stereocenters. The van der Waals surface area contributed by atoms with Gasteiger partial charge in [-0.25, -0.2) is 13.6 Å². The minimum absolute atomic E-state index is 0.115. The van der Waals surface area contributed by atoms with Crippen molar-refractivity contribution >= 4 is 11.7 Å². The van der Waals surface area contributed by atoms with Crippen molar-refractivity contribution < 1.29 is 18.7 Å². The van der Waals surface area contributed by atoms with Gasteiger partial charge in [0.05, 0.1) is 5.56 Å². The maximum absolute atomic E-state index is 13.7. The van der Waals surface area contributed by atoms with Crippen LogP contribution >= 0.6 is 0 Å². The number of anilines is 1. The minimum atomic E-state index is -1.34. The monoisotopic (exact) mass is 269 g/mol. The number of hydrogen-bond acceptors (Lipinski definition) is 2. The van der Waals surface area contributed by atoms with Crippen LogP contribution in [0.5, 0.6) is 0 Å². The SMILES string of the molecule is CC(C)C1(CNc2c(F)cc(C(=O)O)cc2F)CC1. The first-order valence-electron chi connectivity index (χ1n) is 6.32. The number of carboxylic acids is 1. The lowest BCUT2D eigenvalue weighted by Gasteiger charge is -2.21. The number of carbonyl (C=O) groups is 1. The van der Waals surface area contributed by atoms with Crippen molar-refractivity contribution in [2.24, 2.45) is 11.3 Å². The number of nitrogens with one attached hydrogen (secondary N) is 1. The quantitative estimate of drug-likeness (QED) is 0.860. The predicted molar refractivity (Wildman–Crippen MR) is 68.3 cm³/mol. The highest BCUT2D eigenvalue weighted by Gasteiger charge is 2.45. The average molecular weight is 269 g/mol. The largest absolute Gasteiger partial charge is 0.478 e. The van der Waals surface area contributed by atoms with Crippen LogP contribution < -0.4 is 5.32 Å². The summed E-state index contributed by atoms with van der Waals surface area (Å²) in [4.78, 5) is 10.7. The first kappa shape index (κ1) is 13.8. The van der Waals surface area contributed by atoms with E-state index in [1.54, 1.807) is 0 Å². The molecule has 0 aromatic heterocycles. The van der Waals surface area contributed by atoms with E-state index in [1.807, 2.05) is 0 Å². The van der Waals surface area contributed by atoms with Crippen LogP contribution in [0.15, 0.2) is 12.1 Å². The normalized spacial score (nSPS) is 16.5. The summed E-state index contributed by atoms with van der Waals surface area (Å²) in [6, 6.07) is 1.67. The van der Waals surface area contributed by atoms with Gasteiger partial charge in [-0.05, 0) is 36.3 Å². The molecule has 0 spiro atoms. The van der Waals surface area contributed by atoms with Crippen LogP contribution in [-0.4, -0.2) is 17.6 Å². The van der Waals surface area contributed by atoms with E-state index < -0.39 is 17.6 Å². The summed E-state index contributed by atoms with van der Waals surface area (Å²) >= 11 is 0. The number of carboxylic acid groups (broad SMARTS) is 1. The van der Waals surface area contributed by atoms with Gasteiger partial charge in [0, 0.05) is 6.54 Å². The molecule has 1 fully saturated rings. The molecule has 2 N–H and O–H groups in total. The second-order valence-electron chi connectivity index (χ2n) is 5.49. The predicted octanol–water partition coefficient (Wildman–Crippen LogP) is 3.51. The molecule has 0 heterocycles. The molecule has 0 saturated heterocycles. The van der Waals surface area contributed by atoms with Crippen LogP contribution in [0, 0.1) is 23.0 Å². The summed E-state index contributed by atoms with van der Waals surface area (Å²) in [6.07, 6.45) is 2.10. The standard InChI is InChI=1S/C14H17F2NO2/c1-8(2)14(3-4-14)7-17-12-10(15)5-9(13(18)19)6-11(12)16/h5-6,8,17H,3-4,7H2,1-2H3,(H,18,19). The highest BCUT2D eigenvalue weighted by Crippen LogP contribution is 2.51. The van der Waals surface area contributed by atoms with E-state index in [4.69, 9.17) is 5.11 Å². The molecule has 5 heteroatoms. The van der Waals surface area contributed by atoms with Crippen molar-refractivity contribution in [3.05, 3.63) is 29.3 Å². The van der Waals surface area contributed by atoms with Crippen LogP contribution in [0.2, 0.25) is 0 Å². The molecule has 0 radical (unpaired) electrons. The Morgan fingerprint density at radius 2 is 1.89 bits per heavy atom. The second-order valence-corrected chi connectivity index (χ2v) is 5.49. The van der Waals surface area contributed by atoms with E-state index in [0.29, 0.717) is 12.5 Å². The number of aromatic carboxylic acids is 1. The van der Waals surface area contributed by atoms with Crippen molar-refractivity contribution in [3.8, 4) is 0 Å². The summed E-state index contributed by atoms with van der Waals surface area (Å²) in [5.41, 5.74) is -0.507. The van der Waals surface area contributed by atoms with Gasteiger partial charge in [0.2, 0.25) is 0 Å². The molecular weight excluding hydrogens is 252 g/mol. The summed E-state index contributed by atoms with van der Waals surface area (Å²) in [5.74, 6) is -2.62. The van der Waals surface area contributed by atoms with Crippen LogP contribution in [0.1, 0.15) is 37.0 Å². The number of hydrogen-bond donors (Lipinski definition) is 2. The first-order chi connectivity index (χ1) is 8.85. The highest BCUT2D eigenvalue weighted by atomic mass is 19.1. The zero-order valence-electron chi connectivity index (χ0n) is 11.0. The molecule has 1 aromatic rings. The number of benzene rings is 1. The third-order valence-corrected chi connectivity index (χ3v) is 4.02. The van der Waals surface area contributed by atoms with Crippen molar-refractivity contribution in [3.63, 3.8) is 0 Å². The molecule has 1 saturated carbocycles. The lowest BCUT2D eigenvalue weighted by Crippen LogP contribution is -2.22. The van der Waals surface area contributed by atoms with E-state index in [0.717, 1.165) is 25.0 Å². The van der Waals surface area contributed by atoms with Crippen LogP contribution in [0.3, 0.4) is 0 Å². The van der Waals surface area contributed by atoms with E-state index in [9.17, 15) is 13.6 Å². The molecule has 1 aromatic carbocycles. The van der Waals surface area contributed by atoms with Gasteiger partial charge in [-0.2, -0.15) is 0 Å². The fourth-order valence-electron chi connectivity index (χ4n) is 2.25. The van der Waals surface area contributed by atoms with Crippen LogP contribution in [0.25, 0.3) is 0 Å². The molecule has 1 aliphatic rings. The molecular formula is C14H17F2NO2. The van der Waals surface area contributed by atoms with Crippen molar-refractivity contribution in [2.45, 2.75) is 26.7 Å². The van der Waals surface area contributed by atoms with Crippen LogP contribution in [-0.2, 0) is 0 Å². The Morgan fingerprint density at radius 1 is 1.37 bits per heavy atom. The first-order valence-corrected chi connectivity index (χ1v) is 6.32. The number of halogens is 2. The highest BCUT2D eigenvalue weighted by molar-refractivity contribution is 5.88. The summed E-state index contributed by atoms with van der Waals surface area (Å²) < 4.78 is 27.4. The lowest BCUT2D eigenvalue weighted by atomic mass is 9.92. The molecule has 0 amide bonds. The lowest BCUT2D eigenvalue weighted by molar-refractivity contribution is 0.0696. The van der Waals surface area contributed by atoms with E-state index in [2.05, 4.69) is 19.2 Å². The Bertz CT molecular complexity index is 487. The molecule has 0 atom stereocenters. The minimum Gasteiger partial charge on any atom is -0.478 e. The smallest absolute Gasteiger partial charge is 0.335 e. The van der Waals surface area contributed by atoms with Gasteiger partial charge >= 0.3 is 5.97 Å². The fourth-order valence-corrected chi connectivity index (χ4v) is 2.25. The Balaban J connectivity index is 2.15. The average Bonchev–Trinajstić information content (AvgIpc) is 3.08. The van der Waals surface area contributed by atoms with Gasteiger partial charge < -0.3 is 10.4 Å². The van der Waals surface area contributed by atoms with E-state index >= 15 is 0 Å². The molecule has 0 aliphatic heterocycles. The van der Waals surface area contributed by atoms with Gasteiger partial charge in [0.1, 0.15) is 17.3 Å². The molecule has 19 heavy (non-hydrogen) atoms. The summed E-state index contributed by atoms with van der Waals surface area (Å²) in [6.45, 7) is 4.69. The van der Waals surface area contributed by atoms with Gasteiger partial charge in [-0.3, -0.25) is 0 Å².